The van der Waals surface area contributed by atoms with Gasteiger partial charge in [-0.15, -0.1) is 0 Å². The summed E-state index contributed by atoms with van der Waals surface area (Å²) in [5, 5.41) is 20.4. The SMILES string of the molecule is COP(C)(=O)OC[C@H]1OC(n2cnc3c(N)ncnc32)[C@@H](O)[C@@H]1O. The number of aromatic nitrogens is 4. The van der Waals surface area contributed by atoms with Crippen LogP contribution in [-0.2, 0) is 18.3 Å². The van der Waals surface area contributed by atoms with E-state index in [0.717, 1.165) is 0 Å². The van der Waals surface area contributed by atoms with E-state index in [1.54, 1.807) is 0 Å². The summed E-state index contributed by atoms with van der Waals surface area (Å²) in [6.07, 6.45) is -1.70. The van der Waals surface area contributed by atoms with E-state index in [1.807, 2.05) is 0 Å². The average molecular weight is 359 g/mol. The molecule has 0 aromatic carbocycles. The number of nitrogen functional groups attached to an aromatic ring is 1. The first-order valence-corrected chi connectivity index (χ1v) is 9.05. The standard InChI is InChI=1S/C12H18N5O6P/c1-21-24(2,20)22-3-6-8(18)9(19)12(23-6)17-5-16-7-10(13)14-4-15-11(7)17/h4-6,8-9,12,18-19H,3H2,1-2H3,(H2,13,14,15)/t6-,8-,9+,12?,24?/m1/s1. The summed E-state index contributed by atoms with van der Waals surface area (Å²) < 4.78 is 28.7. The molecule has 1 saturated heterocycles. The highest BCUT2D eigenvalue weighted by Gasteiger charge is 2.45. The van der Waals surface area contributed by atoms with E-state index in [9.17, 15) is 14.8 Å². The van der Waals surface area contributed by atoms with Gasteiger partial charge in [0.25, 0.3) is 0 Å². The van der Waals surface area contributed by atoms with Crippen LogP contribution in [0.15, 0.2) is 12.7 Å². The highest BCUT2D eigenvalue weighted by Crippen LogP contribution is 2.44. The van der Waals surface area contributed by atoms with Gasteiger partial charge in [0.05, 0.1) is 12.9 Å². The minimum atomic E-state index is -3.23. The number of hydrogen-bond acceptors (Lipinski definition) is 10. The van der Waals surface area contributed by atoms with Crippen molar-refractivity contribution in [1.82, 2.24) is 19.5 Å². The van der Waals surface area contributed by atoms with Crippen LogP contribution in [0.1, 0.15) is 6.23 Å². The van der Waals surface area contributed by atoms with Crippen LogP contribution in [0.25, 0.3) is 11.2 Å². The van der Waals surface area contributed by atoms with Gasteiger partial charge in [-0.2, -0.15) is 0 Å². The molecule has 132 valence electrons. The van der Waals surface area contributed by atoms with Gasteiger partial charge in [0, 0.05) is 13.8 Å². The topological polar surface area (TPSA) is 155 Å². The van der Waals surface area contributed by atoms with Gasteiger partial charge in [0.1, 0.15) is 30.2 Å². The quantitative estimate of drug-likeness (QED) is 0.596. The molecule has 1 fully saturated rings. The fraction of sp³-hybridized carbons (Fsp3) is 0.583. The molecular formula is C12H18N5O6P. The highest BCUT2D eigenvalue weighted by molar-refractivity contribution is 7.52. The fourth-order valence-electron chi connectivity index (χ4n) is 2.41. The predicted octanol–water partition coefficient (Wildman–Crippen LogP) is -0.486. The predicted molar refractivity (Wildman–Crippen MR) is 82.2 cm³/mol. The maximum Gasteiger partial charge on any atom is 0.327 e. The van der Waals surface area contributed by atoms with Crippen molar-refractivity contribution in [2.45, 2.75) is 24.5 Å². The van der Waals surface area contributed by atoms with Crippen molar-refractivity contribution >= 4 is 24.6 Å². The molecule has 3 rings (SSSR count). The van der Waals surface area contributed by atoms with Crippen molar-refractivity contribution in [3.05, 3.63) is 12.7 Å². The number of hydrogen-bond donors (Lipinski definition) is 3. The van der Waals surface area contributed by atoms with E-state index in [4.69, 9.17) is 19.5 Å². The first-order chi connectivity index (χ1) is 11.3. The van der Waals surface area contributed by atoms with E-state index in [-0.39, 0.29) is 12.4 Å². The average Bonchev–Trinajstić information content (AvgIpc) is 3.10. The van der Waals surface area contributed by atoms with E-state index >= 15 is 0 Å². The fourth-order valence-corrected chi connectivity index (χ4v) is 2.94. The Bertz CT molecular complexity index is 784. The molecule has 0 bridgehead atoms. The molecule has 1 aliphatic heterocycles. The highest BCUT2D eigenvalue weighted by atomic mass is 31.2. The van der Waals surface area contributed by atoms with Crippen LogP contribution in [0.3, 0.4) is 0 Å². The van der Waals surface area contributed by atoms with Crippen LogP contribution >= 0.6 is 7.60 Å². The number of ether oxygens (including phenoxy) is 1. The number of aliphatic hydroxyl groups is 2. The van der Waals surface area contributed by atoms with Gasteiger partial charge in [-0.3, -0.25) is 9.13 Å². The normalized spacial score (nSPS) is 29.8. The summed E-state index contributed by atoms with van der Waals surface area (Å²) in [7, 11) is -1.97. The van der Waals surface area contributed by atoms with E-state index in [1.165, 1.54) is 31.0 Å². The Balaban J connectivity index is 1.82. The largest absolute Gasteiger partial charge is 0.387 e. The Morgan fingerprint density at radius 1 is 1.38 bits per heavy atom. The van der Waals surface area contributed by atoms with Gasteiger partial charge in [-0.25, -0.2) is 15.0 Å². The number of rotatable bonds is 5. The second-order valence-electron chi connectivity index (χ2n) is 5.38. The zero-order valence-electron chi connectivity index (χ0n) is 13.0. The zero-order valence-corrected chi connectivity index (χ0v) is 13.9. The Morgan fingerprint density at radius 2 is 2.12 bits per heavy atom. The Hall–Kier alpha value is -1.62. The number of aliphatic hydroxyl groups excluding tert-OH is 2. The van der Waals surface area contributed by atoms with Crippen molar-refractivity contribution in [2.75, 3.05) is 26.1 Å². The second-order valence-corrected chi connectivity index (χ2v) is 7.54. The monoisotopic (exact) mass is 359 g/mol. The molecule has 0 spiro atoms. The van der Waals surface area contributed by atoms with Crippen LogP contribution in [0.2, 0.25) is 0 Å². The molecule has 24 heavy (non-hydrogen) atoms. The molecule has 2 unspecified atom stereocenters. The lowest BCUT2D eigenvalue weighted by atomic mass is 10.1. The lowest BCUT2D eigenvalue weighted by molar-refractivity contribution is -0.0486. The molecule has 12 heteroatoms. The summed E-state index contributed by atoms with van der Waals surface area (Å²) in [4.78, 5) is 12.0. The summed E-state index contributed by atoms with van der Waals surface area (Å²) >= 11 is 0. The number of imidazole rings is 1. The third-order valence-corrected chi connectivity index (χ3v) is 5.08. The molecule has 11 nitrogen and oxygen atoms in total. The molecule has 5 atom stereocenters. The van der Waals surface area contributed by atoms with Gasteiger partial charge in [-0.1, -0.05) is 0 Å². The maximum atomic E-state index is 11.8. The second kappa shape index (κ2) is 6.36. The third kappa shape index (κ3) is 3.02. The van der Waals surface area contributed by atoms with Gasteiger partial charge < -0.3 is 29.7 Å². The summed E-state index contributed by atoms with van der Waals surface area (Å²) in [6, 6.07) is 0. The molecule has 0 radical (unpaired) electrons. The molecule has 2 aromatic rings. The van der Waals surface area contributed by atoms with Crippen molar-refractivity contribution < 1.29 is 28.6 Å². The Kier molecular flexibility index (Phi) is 4.56. The lowest BCUT2D eigenvalue weighted by Gasteiger charge is -2.17. The van der Waals surface area contributed by atoms with Crippen LogP contribution < -0.4 is 5.73 Å². The first kappa shape index (κ1) is 17.2. The van der Waals surface area contributed by atoms with Crippen molar-refractivity contribution in [2.24, 2.45) is 0 Å². The van der Waals surface area contributed by atoms with Gasteiger partial charge in [0.15, 0.2) is 17.7 Å². The van der Waals surface area contributed by atoms with Crippen LogP contribution in [0.4, 0.5) is 5.82 Å². The van der Waals surface area contributed by atoms with Crippen LogP contribution in [0.5, 0.6) is 0 Å². The molecule has 3 heterocycles. The molecule has 1 aliphatic rings. The van der Waals surface area contributed by atoms with Crippen LogP contribution in [-0.4, -0.2) is 68.4 Å². The lowest BCUT2D eigenvalue weighted by Crippen LogP contribution is -2.33. The molecule has 4 N–H and O–H groups in total. The van der Waals surface area contributed by atoms with Gasteiger partial charge >= 0.3 is 7.60 Å². The van der Waals surface area contributed by atoms with Gasteiger partial charge in [0.2, 0.25) is 0 Å². The van der Waals surface area contributed by atoms with Crippen LogP contribution in [0, 0.1) is 0 Å². The maximum absolute atomic E-state index is 11.8. The number of nitrogens with zero attached hydrogens (tertiary/aromatic N) is 4. The zero-order chi connectivity index (χ0) is 17.5. The third-order valence-electron chi connectivity index (χ3n) is 3.80. The first-order valence-electron chi connectivity index (χ1n) is 7.06. The number of nitrogens with two attached hydrogens (primary N) is 1. The molecule has 0 saturated carbocycles. The van der Waals surface area contributed by atoms with E-state index in [2.05, 4.69) is 15.0 Å². The number of anilines is 1. The van der Waals surface area contributed by atoms with Crippen molar-refractivity contribution in [1.29, 1.82) is 0 Å². The number of fused-ring (bicyclic) bond motifs is 1. The van der Waals surface area contributed by atoms with Gasteiger partial charge in [-0.05, 0) is 0 Å². The van der Waals surface area contributed by atoms with E-state index < -0.39 is 32.1 Å². The Labute approximate surface area is 136 Å². The Morgan fingerprint density at radius 3 is 2.83 bits per heavy atom. The molecule has 0 aliphatic carbocycles. The molecule has 0 amide bonds. The minimum Gasteiger partial charge on any atom is -0.387 e. The van der Waals surface area contributed by atoms with Crippen molar-refractivity contribution in [3.63, 3.8) is 0 Å². The smallest absolute Gasteiger partial charge is 0.327 e. The summed E-state index contributed by atoms with van der Waals surface area (Å²) in [5.41, 5.74) is 6.44. The van der Waals surface area contributed by atoms with E-state index in [0.29, 0.717) is 11.2 Å². The summed E-state index contributed by atoms with van der Waals surface area (Å²) in [6.45, 7) is 1.09. The molecular weight excluding hydrogens is 341 g/mol. The minimum absolute atomic E-state index is 0.193. The van der Waals surface area contributed by atoms with Crippen molar-refractivity contribution in [3.8, 4) is 0 Å². The molecule has 2 aromatic heterocycles. The summed E-state index contributed by atoms with van der Waals surface area (Å²) in [5.74, 6) is 0.193.